The lowest BCUT2D eigenvalue weighted by atomic mass is 10.2. The Morgan fingerprint density at radius 3 is 2.62 bits per heavy atom. The fraction of sp³-hybridized carbons (Fsp3) is 0.312. The van der Waals surface area contributed by atoms with Gasteiger partial charge < -0.3 is 10.1 Å². The van der Waals surface area contributed by atoms with Crippen molar-refractivity contribution >= 4 is 17.3 Å². The minimum absolute atomic E-state index is 0.143. The molecule has 1 N–H and O–H groups in total. The van der Waals surface area contributed by atoms with Crippen molar-refractivity contribution < 1.29 is 9.53 Å². The number of aromatic nitrogens is 2. The van der Waals surface area contributed by atoms with Gasteiger partial charge in [0.2, 0.25) is 0 Å². The van der Waals surface area contributed by atoms with Crippen LogP contribution in [0.5, 0.6) is 0 Å². The molecule has 0 spiro atoms. The van der Waals surface area contributed by atoms with E-state index in [0.717, 1.165) is 5.69 Å². The van der Waals surface area contributed by atoms with Gasteiger partial charge in [-0.1, -0.05) is 32.0 Å². The summed E-state index contributed by atoms with van der Waals surface area (Å²) in [4.78, 5) is 20.7. The smallest absolute Gasteiger partial charge is 0.359 e. The Labute approximate surface area is 124 Å². The quantitative estimate of drug-likeness (QED) is 0.851. The minimum atomic E-state index is -0.444. The van der Waals surface area contributed by atoms with Gasteiger partial charge in [0.15, 0.2) is 5.69 Å². The number of carbonyl (C=O) groups is 1. The highest BCUT2D eigenvalue weighted by Crippen LogP contribution is 2.21. The van der Waals surface area contributed by atoms with Crippen molar-refractivity contribution in [2.75, 3.05) is 11.9 Å². The molecular weight excluding hydrogens is 266 g/mol. The van der Waals surface area contributed by atoms with E-state index in [1.807, 2.05) is 44.2 Å². The van der Waals surface area contributed by atoms with Crippen LogP contribution < -0.4 is 5.32 Å². The summed E-state index contributed by atoms with van der Waals surface area (Å²) in [5.74, 6) is 0.320. The van der Waals surface area contributed by atoms with Gasteiger partial charge in [-0.2, -0.15) is 0 Å². The van der Waals surface area contributed by atoms with Crippen molar-refractivity contribution in [2.24, 2.45) is 0 Å². The Balaban J connectivity index is 2.37. The van der Waals surface area contributed by atoms with E-state index in [1.54, 1.807) is 13.1 Å². The number of rotatable bonds is 5. The molecular formula is C16H19N3O2. The summed E-state index contributed by atoms with van der Waals surface area (Å²) in [6.07, 6.45) is 1.63. The second-order valence-corrected chi connectivity index (χ2v) is 4.86. The van der Waals surface area contributed by atoms with Gasteiger partial charge in [0, 0.05) is 11.6 Å². The monoisotopic (exact) mass is 285 g/mol. The fourth-order valence-corrected chi connectivity index (χ4v) is 1.80. The standard InChI is InChI=1S/C16H19N3O2/c1-4-21-16(20)14-13(10-17-15(19-14)11(2)3)18-12-8-6-5-7-9-12/h5-11,18H,4H2,1-3H3. The maximum absolute atomic E-state index is 12.1. The maximum atomic E-state index is 12.1. The summed E-state index contributed by atoms with van der Waals surface area (Å²) in [7, 11) is 0. The normalized spacial score (nSPS) is 10.5. The van der Waals surface area contributed by atoms with E-state index < -0.39 is 5.97 Å². The number of nitrogens with zero attached hydrogens (tertiary/aromatic N) is 2. The first-order chi connectivity index (χ1) is 10.1. The second-order valence-electron chi connectivity index (χ2n) is 4.86. The number of hydrogen-bond acceptors (Lipinski definition) is 5. The molecule has 5 heteroatoms. The average Bonchev–Trinajstić information content (AvgIpc) is 2.48. The molecule has 110 valence electrons. The van der Waals surface area contributed by atoms with E-state index in [2.05, 4.69) is 15.3 Å². The van der Waals surface area contributed by atoms with Crippen LogP contribution in [0, 0.1) is 0 Å². The molecule has 0 amide bonds. The first-order valence-corrected chi connectivity index (χ1v) is 6.98. The van der Waals surface area contributed by atoms with Gasteiger partial charge in [-0.25, -0.2) is 14.8 Å². The van der Waals surface area contributed by atoms with Crippen LogP contribution in [0.2, 0.25) is 0 Å². The predicted octanol–water partition coefficient (Wildman–Crippen LogP) is 3.52. The van der Waals surface area contributed by atoms with Crippen LogP contribution in [0.3, 0.4) is 0 Å². The van der Waals surface area contributed by atoms with E-state index >= 15 is 0 Å². The third-order valence-electron chi connectivity index (χ3n) is 2.85. The zero-order valence-corrected chi connectivity index (χ0v) is 12.5. The van der Waals surface area contributed by atoms with E-state index in [4.69, 9.17) is 4.74 Å². The Morgan fingerprint density at radius 2 is 2.00 bits per heavy atom. The molecule has 0 saturated heterocycles. The van der Waals surface area contributed by atoms with Crippen molar-refractivity contribution in [1.82, 2.24) is 9.97 Å². The largest absolute Gasteiger partial charge is 0.461 e. The Kier molecular flexibility index (Phi) is 4.87. The molecule has 0 radical (unpaired) electrons. The van der Waals surface area contributed by atoms with Crippen molar-refractivity contribution in [3.8, 4) is 0 Å². The van der Waals surface area contributed by atoms with Gasteiger partial charge in [-0.05, 0) is 19.1 Å². The molecule has 0 aliphatic carbocycles. The van der Waals surface area contributed by atoms with E-state index in [9.17, 15) is 4.79 Å². The van der Waals surface area contributed by atoms with Crippen molar-refractivity contribution in [2.45, 2.75) is 26.7 Å². The second kappa shape index (κ2) is 6.83. The zero-order valence-electron chi connectivity index (χ0n) is 12.5. The summed E-state index contributed by atoms with van der Waals surface area (Å²) in [5, 5.41) is 3.15. The Hall–Kier alpha value is -2.43. The summed E-state index contributed by atoms with van der Waals surface area (Å²) in [6, 6.07) is 9.57. The van der Waals surface area contributed by atoms with Crippen molar-refractivity contribution in [3.63, 3.8) is 0 Å². The molecule has 0 saturated carbocycles. The van der Waals surface area contributed by atoms with Gasteiger partial charge >= 0.3 is 5.97 Å². The molecule has 21 heavy (non-hydrogen) atoms. The minimum Gasteiger partial charge on any atom is -0.461 e. The molecule has 5 nitrogen and oxygen atoms in total. The topological polar surface area (TPSA) is 64.1 Å². The molecule has 0 aliphatic rings. The molecule has 0 bridgehead atoms. The maximum Gasteiger partial charge on any atom is 0.359 e. The fourth-order valence-electron chi connectivity index (χ4n) is 1.80. The lowest BCUT2D eigenvalue weighted by Crippen LogP contribution is -2.13. The van der Waals surface area contributed by atoms with Gasteiger partial charge in [-0.3, -0.25) is 0 Å². The molecule has 0 unspecified atom stereocenters. The van der Waals surface area contributed by atoms with E-state index in [0.29, 0.717) is 18.1 Å². The van der Waals surface area contributed by atoms with Crippen LogP contribution in [0.15, 0.2) is 36.5 Å². The van der Waals surface area contributed by atoms with Gasteiger partial charge in [0.05, 0.1) is 18.5 Å². The van der Waals surface area contributed by atoms with Crippen molar-refractivity contribution in [1.29, 1.82) is 0 Å². The number of carbonyl (C=O) groups excluding carboxylic acids is 1. The number of ether oxygens (including phenoxy) is 1. The molecule has 1 aromatic heterocycles. The van der Waals surface area contributed by atoms with E-state index in [1.165, 1.54) is 0 Å². The summed E-state index contributed by atoms with van der Waals surface area (Å²) in [5.41, 5.74) is 1.67. The van der Waals surface area contributed by atoms with Gasteiger partial charge in [-0.15, -0.1) is 0 Å². The SMILES string of the molecule is CCOC(=O)c1nc(C(C)C)ncc1Nc1ccccc1. The van der Waals surface area contributed by atoms with Crippen LogP contribution in [-0.2, 0) is 4.74 Å². The van der Waals surface area contributed by atoms with Gasteiger partial charge in [0.25, 0.3) is 0 Å². The Morgan fingerprint density at radius 1 is 1.29 bits per heavy atom. The lowest BCUT2D eigenvalue weighted by molar-refractivity contribution is 0.0520. The van der Waals surface area contributed by atoms with Crippen LogP contribution in [0.25, 0.3) is 0 Å². The zero-order chi connectivity index (χ0) is 15.2. The number of hydrogen-bond donors (Lipinski definition) is 1. The number of benzene rings is 1. The summed E-state index contributed by atoms with van der Waals surface area (Å²) in [6.45, 7) is 6.04. The summed E-state index contributed by atoms with van der Waals surface area (Å²) < 4.78 is 5.07. The number of nitrogens with one attached hydrogen (secondary N) is 1. The summed E-state index contributed by atoms with van der Waals surface area (Å²) >= 11 is 0. The molecule has 0 atom stereocenters. The first-order valence-electron chi connectivity index (χ1n) is 6.98. The highest BCUT2D eigenvalue weighted by atomic mass is 16.5. The van der Waals surface area contributed by atoms with Crippen LogP contribution >= 0.6 is 0 Å². The Bertz CT molecular complexity index is 612. The number of anilines is 2. The highest BCUT2D eigenvalue weighted by molar-refractivity contribution is 5.94. The molecule has 2 aromatic rings. The molecule has 2 rings (SSSR count). The third kappa shape index (κ3) is 3.78. The molecule has 0 aliphatic heterocycles. The number of esters is 1. The van der Waals surface area contributed by atoms with Crippen molar-refractivity contribution in [3.05, 3.63) is 48.0 Å². The number of para-hydroxylation sites is 1. The van der Waals surface area contributed by atoms with Crippen LogP contribution in [-0.4, -0.2) is 22.5 Å². The average molecular weight is 285 g/mol. The molecule has 1 heterocycles. The first kappa shape index (κ1) is 15.0. The lowest BCUT2D eigenvalue weighted by Gasteiger charge is -2.12. The third-order valence-corrected chi connectivity index (χ3v) is 2.85. The van der Waals surface area contributed by atoms with E-state index in [-0.39, 0.29) is 11.6 Å². The van der Waals surface area contributed by atoms with Crippen LogP contribution in [0.4, 0.5) is 11.4 Å². The molecule has 0 fully saturated rings. The predicted molar refractivity (Wildman–Crippen MR) is 81.8 cm³/mol. The van der Waals surface area contributed by atoms with Crippen LogP contribution in [0.1, 0.15) is 43.0 Å². The molecule has 1 aromatic carbocycles. The highest BCUT2D eigenvalue weighted by Gasteiger charge is 2.17. The van der Waals surface area contributed by atoms with Gasteiger partial charge in [0.1, 0.15) is 5.82 Å².